The van der Waals surface area contributed by atoms with Gasteiger partial charge in [-0.25, -0.2) is 4.79 Å². The number of anilines is 1. The first kappa shape index (κ1) is 15.4. The quantitative estimate of drug-likeness (QED) is 0.456. The van der Waals surface area contributed by atoms with Crippen molar-refractivity contribution in [2.45, 2.75) is 6.92 Å². The first-order chi connectivity index (χ1) is 9.49. The minimum absolute atomic E-state index is 0.0872. The molecule has 0 bridgehead atoms. The van der Waals surface area contributed by atoms with Crippen molar-refractivity contribution in [2.75, 3.05) is 25.5 Å². The summed E-state index contributed by atoms with van der Waals surface area (Å²) >= 11 is 0. The Labute approximate surface area is 115 Å². The third-order valence-corrected chi connectivity index (χ3v) is 2.43. The number of nitrogens with one attached hydrogen (secondary N) is 2. The van der Waals surface area contributed by atoms with Gasteiger partial charge >= 0.3 is 5.97 Å². The second kappa shape index (κ2) is 7.07. The molecule has 0 atom stereocenters. The monoisotopic (exact) mass is 281 g/mol. The molecule has 0 spiro atoms. The van der Waals surface area contributed by atoms with E-state index in [1.54, 1.807) is 6.92 Å². The van der Waals surface area contributed by atoms with Crippen LogP contribution in [0.5, 0.6) is 0 Å². The lowest BCUT2D eigenvalue weighted by Crippen LogP contribution is -2.29. The van der Waals surface area contributed by atoms with E-state index in [2.05, 4.69) is 15.4 Å². The largest absolute Gasteiger partial charge is 0.465 e. The van der Waals surface area contributed by atoms with Crippen molar-refractivity contribution in [1.82, 2.24) is 5.32 Å². The molecule has 0 aliphatic carbocycles. The number of esters is 1. The first-order valence-corrected chi connectivity index (χ1v) is 5.87. The number of nitro benzene ring substituents is 1. The van der Waals surface area contributed by atoms with Gasteiger partial charge in [-0.15, -0.1) is 0 Å². The van der Waals surface area contributed by atoms with E-state index < -0.39 is 10.9 Å². The molecule has 2 N–H and O–H groups in total. The van der Waals surface area contributed by atoms with Gasteiger partial charge in [-0.3, -0.25) is 14.9 Å². The topological polar surface area (TPSA) is 111 Å². The Kier molecular flexibility index (Phi) is 5.45. The van der Waals surface area contributed by atoms with Crippen LogP contribution in [0.4, 0.5) is 11.4 Å². The number of nitrogens with zero attached hydrogens (tertiary/aromatic N) is 1. The highest BCUT2D eigenvalue weighted by atomic mass is 16.6. The van der Waals surface area contributed by atoms with Crippen molar-refractivity contribution < 1.29 is 19.2 Å². The van der Waals surface area contributed by atoms with E-state index in [1.807, 2.05) is 0 Å². The lowest BCUT2D eigenvalue weighted by Gasteiger charge is -2.08. The lowest BCUT2D eigenvalue weighted by atomic mass is 10.1. The molecule has 8 heteroatoms. The van der Waals surface area contributed by atoms with Crippen molar-refractivity contribution in [3.8, 4) is 0 Å². The molecule has 0 saturated carbocycles. The Morgan fingerprint density at radius 3 is 2.65 bits per heavy atom. The van der Waals surface area contributed by atoms with Crippen LogP contribution >= 0.6 is 0 Å². The number of rotatable bonds is 6. The van der Waals surface area contributed by atoms with Crippen molar-refractivity contribution in [1.29, 1.82) is 0 Å². The molecular weight excluding hydrogens is 266 g/mol. The summed E-state index contributed by atoms with van der Waals surface area (Å²) in [7, 11) is 1.21. The maximum atomic E-state index is 11.4. The second-order valence-electron chi connectivity index (χ2n) is 3.79. The molecule has 0 aliphatic rings. The molecule has 0 aliphatic heterocycles. The van der Waals surface area contributed by atoms with Crippen LogP contribution in [-0.4, -0.2) is 37.0 Å². The van der Waals surface area contributed by atoms with Crippen LogP contribution in [0.2, 0.25) is 0 Å². The predicted molar refractivity (Wildman–Crippen MR) is 71.6 cm³/mol. The van der Waals surface area contributed by atoms with Crippen molar-refractivity contribution in [3.63, 3.8) is 0 Å². The van der Waals surface area contributed by atoms with Crippen LogP contribution in [0.3, 0.4) is 0 Å². The highest BCUT2D eigenvalue weighted by Gasteiger charge is 2.17. The molecule has 0 fully saturated rings. The summed E-state index contributed by atoms with van der Waals surface area (Å²) in [6, 6.07) is 3.76. The standard InChI is InChI=1S/C12H15N3O5/c1-3-13-11(16)7-14-9-6-8(12(17)20-2)4-5-10(9)15(18)19/h4-6,14H,3,7H2,1-2H3,(H,13,16). The number of likely N-dealkylation sites (N-methyl/N-ethyl adjacent to an activating group) is 1. The highest BCUT2D eigenvalue weighted by molar-refractivity contribution is 5.92. The molecule has 8 nitrogen and oxygen atoms in total. The number of amides is 1. The molecule has 0 aromatic heterocycles. The minimum Gasteiger partial charge on any atom is -0.465 e. The molecule has 0 unspecified atom stereocenters. The van der Waals surface area contributed by atoms with Gasteiger partial charge in [0.15, 0.2) is 0 Å². The number of methoxy groups -OCH3 is 1. The molecule has 1 amide bonds. The van der Waals surface area contributed by atoms with E-state index in [4.69, 9.17) is 0 Å². The van der Waals surface area contributed by atoms with E-state index >= 15 is 0 Å². The summed E-state index contributed by atoms with van der Waals surface area (Å²) in [6.45, 7) is 2.10. The van der Waals surface area contributed by atoms with E-state index in [0.717, 1.165) is 0 Å². The Morgan fingerprint density at radius 1 is 1.40 bits per heavy atom. The van der Waals surface area contributed by atoms with E-state index in [9.17, 15) is 19.7 Å². The molecule has 0 saturated heterocycles. The van der Waals surface area contributed by atoms with Gasteiger partial charge in [0.25, 0.3) is 5.69 Å². The fraction of sp³-hybridized carbons (Fsp3) is 0.333. The van der Waals surface area contributed by atoms with Crippen molar-refractivity contribution >= 4 is 23.3 Å². The van der Waals surface area contributed by atoms with Crippen molar-refractivity contribution in [2.24, 2.45) is 0 Å². The van der Waals surface area contributed by atoms with Gasteiger partial charge in [0.2, 0.25) is 5.91 Å². The third-order valence-electron chi connectivity index (χ3n) is 2.43. The molecule has 20 heavy (non-hydrogen) atoms. The highest BCUT2D eigenvalue weighted by Crippen LogP contribution is 2.25. The van der Waals surface area contributed by atoms with Crippen LogP contribution < -0.4 is 10.6 Å². The number of benzene rings is 1. The maximum absolute atomic E-state index is 11.4. The summed E-state index contributed by atoms with van der Waals surface area (Å²) in [4.78, 5) is 33.0. The number of carbonyl (C=O) groups excluding carboxylic acids is 2. The third kappa shape index (κ3) is 3.94. The van der Waals surface area contributed by atoms with E-state index in [-0.39, 0.29) is 29.4 Å². The molecule has 0 radical (unpaired) electrons. The van der Waals surface area contributed by atoms with Gasteiger partial charge < -0.3 is 15.4 Å². The number of carbonyl (C=O) groups is 2. The zero-order valence-electron chi connectivity index (χ0n) is 11.1. The number of ether oxygens (including phenoxy) is 1. The fourth-order valence-corrected chi connectivity index (χ4v) is 1.52. The summed E-state index contributed by atoms with van der Waals surface area (Å²) in [5.41, 5.74) is 0.0302. The zero-order chi connectivity index (χ0) is 15.1. The fourth-order valence-electron chi connectivity index (χ4n) is 1.52. The van der Waals surface area contributed by atoms with Crippen LogP contribution in [0.25, 0.3) is 0 Å². The summed E-state index contributed by atoms with van der Waals surface area (Å²) < 4.78 is 4.54. The van der Waals surface area contributed by atoms with E-state index in [0.29, 0.717) is 6.54 Å². The average molecular weight is 281 g/mol. The Bertz CT molecular complexity index is 530. The van der Waals surface area contributed by atoms with Crippen LogP contribution in [0.1, 0.15) is 17.3 Å². The van der Waals surface area contributed by atoms with Gasteiger partial charge in [-0.2, -0.15) is 0 Å². The van der Waals surface area contributed by atoms with Crippen LogP contribution in [-0.2, 0) is 9.53 Å². The van der Waals surface area contributed by atoms with Crippen molar-refractivity contribution in [3.05, 3.63) is 33.9 Å². The van der Waals surface area contributed by atoms with Gasteiger partial charge in [-0.05, 0) is 19.1 Å². The predicted octanol–water partition coefficient (Wildman–Crippen LogP) is 0.929. The molecule has 1 aromatic carbocycles. The first-order valence-electron chi connectivity index (χ1n) is 5.87. The minimum atomic E-state index is -0.610. The molecule has 1 rings (SSSR count). The SMILES string of the molecule is CCNC(=O)CNc1cc(C(=O)OC)ccc1[N+](=O)[O-]. The summed E-state index contributed by atoms with van der Waals surface area (Å²) in [5.74, 6) is -0.911. The van der Waals surface area contributed by atoms with Gasteiger partial charge in [0.05, 0.1) is 24.1 Å². The summed E-state index contributed by atoms with van der Waals surface area (Å²) in [5, 5.41) is 16.1. The van der Waals surface area contributed by atoms with Crippen LogP contribution in [0, 0.1) is 10.1 Å². The number of nitro groups is 1. The summed E-state index contributed by atoms with van der Waals surface area (Å²) in [6.07, 6.45) is 0. The molecule has 108 valence electrons. The number of hydrogen-bond donors (Lipinski definition) is 2. The normalized spacial score (nSPS) is 9.70. The number of hydrogen-bond acceptors (Lipinski definition) is 6. The zero-order valence-corrected chi connectivity index (χ0v) is 11.1. The second-order valence-corrected chi connectivity index (χ2v) is 3.79. The maximum Gasteiger partial charge on any atom is 0.337 e. The average Bonchev–Trinajstić information content (AvgIpc) is 2.44. The molecule has 1 aromatic rings. The van der Waals surface area contributed by atoms with Crippen LogP contribution in [0.15, 0.2) is 18.2 Å². The lowest BCUT2D eigenvalue weighted by molar-refractivity contribution is -0.383. The Hall–Kier alpha value is -2.64. The van der Waals surface area contributed by atoms with Gasteiger partial charge in [-0.1, -0.05) is 0 Å². The smallest absolute Gasteiger partial charge is 0.337 e. The molecule has 0 heterocycles. The Balaban J connectivity index is 2.97. The Morgan fingerprint density at radius 2 is 2.10 bits per heavy atom. The van der Waals surface area contributed by atoms with Gasteiger partial charge in [0, 0.05) is 12.6 Å². The molecular formula is C12H15N3O5. The van der Waals surface area contributed by atoms with E-state index in [1.165, 1.54) is 25.3 Å². The van der Waals surface area contributed by atoms with Gasteiger partial charge in [0.1, 0.15) is 5.69 Å².